The first-order valence-electron chi connectivity index (χ1n) is 7.31. The smallest absolute Gasteiger partial charge is 0.237 e. The minimum absolute atomic E-state index is 0.0486. The summed E-state index contributed by atoms with van der Waals surface area (Å²) < 4.78 is 0. The van der Waals surface area contributed by atoms with Gasteiger partial charge in [-0.3, -0.25) is 9.59 Å². The van der Waals surface area contributed by atoms with Crippen molar-refractivity contribution in [3.05, 3.63) is 54.1 Å². The molecule has 1 heterocycles. The Labute approximate surface area is 140 Å². The molecule has 0 saturated carbocycles. The van der Waals surface area contributed by atoms with E-state index < -0.39 is 12.1 Å². The van der Waals surface area contributed by atoms with Crippen LogP contribution in [0.5, 0.6) is 0 Å². The quantitative estimate of drug-likeness (QED) is 0.529. The van der Waals surface area contributed by atoms with Crippen LogP contribution in [-0.2, 0) is 22.4 Å². The molecule has 2 atom stereocenters. The predicted molar refractivity (Wildman–Crippen MR) is 91.2 cm³/mol. The molecule has 0 aliphatic rings. The van der Waals surface area contributed by atoms with Crippen molar-refractivity contribution < 1.29 is 9.59 Å². The van der Waals surface area contributed by atoms with Crippen molar-refractivity contribution in [2.75, 3.05) is 5.75 Å². The number of nitrogens with two attached hydrogens (primary N) is 1. The molecule has 1 aromatic carbocycles. The van der Waals surface area contributed by atoms with Crippen LogP contribution < -0.4 is 11.1 Å². The zero-order chi connectivity index (χ0) is 16.7. The molecule has 7 heteroatoms. The summed E-state index contributed by atoms with van der Waals surface area (Å²) in [6.45, 7) is 0. The van der Waals surface area contributed by atoms with E-state index in [4.69, 9.17) is 5.73 Å². The van der Waals surface area contributed by atoms with Gasteiger partial charge in [-0.2, -0.15) is 12.6 Å². The van der Waals surface area contributed by atoms with E-state index >= 15 is 0 Å². The van der Waals surface area contributed by atoms with E-state index in [2.05, 4.69) is 27.9 Å². The van der Waals surface area contributed by atoms with Crippen molar-refractivity contribution in [2.24, 2.45) is 5.73 Å². The van der Waals surface area contributed by atoms with E-state index in [0.717, 1.165) is 11.3 Å². The van der Waals surface area contributed by atoms with Gasteiger partial charge in [0.05, 0.1) is 24.2 Å². The molecule has 0 spiro atoms. The van der Waals surface area contributed by atoms with E-state index in [9.17, 15) is 9.59 Å². The van der Waals surface area contributed by atoms with E-state index in [1.807, 2.05) is 30.3 Å². The number of nitrogens with zero attached hydrogens (tertiary/aromatic N) is 1. The third-order valence-corrected chi connectivity index (χ3v) is 3.79. The molecule has 1 aromatic heterocycles. The summed E-state index contributed by atoms with van der Waals surface area (Å²) in [5.74, 6) is -0.468. The summed E-state index contributed by atoms with van der Waals surface area (Å²) in [7, 11) is 0. The van der Waals surface area contributed by atoms with Gasteiger partial charge in [-0.1, -0.05) is 30.3 Å². The Hall–Kier alpha value is -2.12. The lowest BCUT2D eigenvalue weighted by Crippen LogP contribution is -2.50. The van der Waals surface area contributed by atoms with E-state index in [1.54, 1.807) is 6.20 Å². The lowest BCUT2D eigenvalue weighted by Gasteiger charge is -2.19. The van der Waals surface area contributed by atoms with Gasteiger partial charge in [0.2, 0.25) is 5.91 Å². The fourth-order valence-electron chi connectivity index (χ4n) is 2.21. The minimum atomic E-state index is -0.714. The predicted octanol–water partition coefficient (Wildman–Crippen LogP) is 0.506. The van der Waals surface area contributed by atoms with Crippen LogP contribution in [0, 0.1) is 0 Å². The van der Waals surface area contributed by atoms with Crippen LogP contribution in [0.1, 0.15) is 11.3 Å². The molecule has 0 fully saturated rings. The molecule has 0 bridgehead atoms. The Morgan fingerprint density at radius 2 is 2.00 bits per heavy atom. The van der Waals surface area contributed by atoms with Crippen molar-refractivity contribution in [3.63, 3.8) is 0 Å². The molecule has 0 saturated heterocycles. The summed E-state index contributed by atoms with van der Waals surface area (Å²) in [5.41, 5.74) is 7.69. The molecule has 23 heavy (non-hydrogen) atoms. The largest absolute Gasteiger partial charge is 0.348 e. The highest BCUT2D eigenvalue weighted by molar-refractivity contribution is 7.81. The number of carbonyl (C=O) groups is 2. The molecule has 0 radical (unpaired) electrons. The summed E-state index contributed by atoms with van der Waals surface area (Å²) >= 11 is 4.00. The van der Waals surface area contributed by atoms with Gasteiger partial charge in [-0.25, -0.2) is 4.98 Å². The molecule has 2 aromatic rings. The number of nitrogens with one attached hydrogen (secondary N) is 2. The minimum Gasteiger partial charge on any atom is -0.348 e. The first-order valence-corrected chi connectivity index (χ1v) is 7.94. The Balaban J connectivity index is 1.97. The number of benzene rings is 1. The number of hydrogen-bond donors (Lipinski definition) is 4. The number of aromatic nitrogens is 2. The zero-order valence-corrected chi connectivity index (χ0v) is 13.5. The number of imidazole rings is 1. The second-order valence-electron chi connectivity index (χ2n) is 5.26. The number of amides is 1. The first-order chi connectivity index (χ1) is 11.1. The van der Waals surface area contributed by atoms with E-state index in [0.29, 0.717) is 12.8 Å². The summed E-state index contributed by atoms with van der Waals surface area (Å²) in [4.78, 5) is 31.1. The Kier molecular flexibility index (Phi) is 6.37. The van der Waals surface area contributed by atoms with Crippen LogP contribution in [0.2, 0.25) is 0 Å². The van der Waals surface area contributed by atoms with Gasteiger partial charge in [0.1, 0.15) is 0 Å². The number of thiol groups is 1. The SMILES string of the molecule is N[C@@H](Cc1ccccc1)C(=O)N[C@@H](Cc1cnc[nH]1)C(=O)CS. The van der Waals surface area contributed by atoms with Gasteiger partial charge in [0.15, 0.2) is 5.78 Å². The molecule has 0 aliphatic carbocycles. The maximum atomic E-state index is 12.3. The number of hydrogen-bond acceptors (Lipinski definition) is 5. The fraction of sp³-hybridized carbons (Fsp3) is 0.312. The number of aromatic amines is 1. The van der Waals surface area contributed by atoms with Crippen LogP contribution in [0.4, 0.5) is 0 Å². The molecule has 4 N–H and O–H groups in total. The standard InChI is InChI=1S/C16H20N4O2S/c17-13(6-11-4-2-1-3-5-11)16(22)20-14(15(21)9-23)7-12-8-18-10-19-12/h1-5,8,10,13-14,23H,6-7,9,17H2,(H,18,19)(H,20,22)/t13-,14-/m0/s1. The summed E-state index contributed by atoms with van der Waals surface area (Å²) in [5, 5.41) is 2.72. The lowest BCUT2D eigenvalue weighted by atomic mass is 10.0. The Bertz CT molecular complexity index is 631. The van der Waals surface area contributed by atoms with Crippen molar-refractivity contribution in [2.45, 2.75) is 24.9 Å². The number of ketones is 1. The van der Waals surface area contributed by atoms with Gasteiger partial charge in [0, 0.05) is 18.3 Å². The van der Waals surface area contributed by atoms with Crippen LogP contribution in [-0.4, -0.2) is 39.5 Å². The van der Waals surface area contributed by atoms with E-state index in [1.165, 1.54) is 6.33 Å². The van der Waals surface area contributed by atoms with Gasteiger partial charge < -0.3 is 16.0 Å². The summed E-state index contributed by atoms with van der Waals surface area (Å²) in [6, 6.07) is 8.14. The highest BCUT2D eigenvalue weighted by Gasteiger charge is 2.23. The zero-order valence-electron chi connectivity index (χ0n) is 12.6. The van der Waals surface area contributed by atoms with Gasteiger partial charge in [0.25, 0.3) is 0 Å². The first kappa shape index (κ1) is 17.2. The highest BCUT2D eigenvalue weighted by Crippen LogP contribution is 2.04. The van der Waals surface area contributed by atoms with Crippen molar-refractivity contribution in [1.29, 1.82) is 0 Å². The number of carbonyl (C=O) groups excluding carboxylic acids is 2. The third kappa shape index (κ3) is 5.22. The maximum absolute atomic E-state index is 12.3. The number of rotatable bonds is 8. The Morgan fingerprint density at radius 3 is 2.61 bits per heavy atom. The average Bonchev–Trinajstić information content (AvgIpc) is 3.07. The number of H-pyrrole nitrogens is 1. The van der Waals surface area contributed by atoms with Crippen molar-refractivity contribution in [1.82, 2.24) is 15.3 Å². The lowest BCUT2D eigenvalue weighted by molar-refractivity contribution is -0.127. The highest BCUT2D eigenvalue weighted by atomic mass is 32.1. The molecule has 0 unspecified atom stereocenters. The van der Waals surface area contributed by atoms with Crippen LogP contribution >= 0.6 is 12.6 Å². The molecule has 2 rings (SSSR count). The monoisotopic (exact) mass is 332 g/mol. The summed E-state index contributed by atoms with van der Waals surface area (Å²) in [6.07, 6.45) is 3.90. The molecular formula is C16H20N4O2S. The normalized spacial score (nSPS) is 13.3. The molecule has 122 valence electrons. The average molecular weight is 332 g/mol. The topological polar surface area (TPSA) is 101 Å². The second-order valence-corrected chi connectivity index (χ2v) is 5.58. The Morgan fingerprint density at radius 1 is 1.26 bits per heavy atom. The van der Waals surface area contributed by atoms with Gasteiger partial charge in [-0.15, -0.1) is 0 Å². The van der Waals surface area contributed by atoms with Crippen LogP contribution in [0.15, 0.2) is 42.9 Å². The molecule has 1 amide bonds. The second kappa shape index (κ2) is 8.50. The van der Waals surface area contributed by atoms with Crippen molar-refractivity contribution >= 4 is 24.3 Å². The van der Waals surface area contributed by atoms with Crippen LogP contribution in [0.25, 0.3) is 0 Å². The molecular weight excluding hydrogens is 312 g/mol. The van der Waals surface area contributed by atoms with Crippen LogP contribution in [0.3, 0.4) is 0 Å². The van der Waals surface area contributed by atoms with Crippen molar-refractivity contribution in [3.8, 4) is 0 Å². The fourth-order valence-corrected chi connectivity index (χ4v) is 2.43. The third-order valence-electron chi connectivity index (χ3n) is 3.48. The number of Topliss-reactive ketones (excluding diaryl/α,β-unsaturated/α-hetero) is 1. The van der Waals surface area contributed by atoms with Gasteiger partial charge >= 0.3 is 0 Å². The molecule has 0 aliphatic heterocycles. The van der Waals surface area contributed by atoms with Gasteiger partial charge in [-0.05, 0) is 12.0 Å². The van der Waals surface area contributed by atoms with E-state index in [-0.39, 0.29) is 17.4 Å². The maximum Gasteiger partial charge on any atom is 0.237 e. The molecule has 6 nitrogen and oxygen atoms in total.